The molecule has 1 nitrogen and oxygen atoms in total. The molecule has 10 heteroatoms. The van der Waals surface area contributed by atoms with Gasteiger partial charge >= 0.3 is 0 Å². The fraction of sp³-hybridized carbons (Fsp3) is 0.500. The molecule has 1 aromatic carbocycles. The van der Waals surface area contributed by atoms with Gasteiger partial charge in [0.25, 0.3) is 0 Å². The number of benzene rings is 1. The van der Waals surface area contributed by atoms with E-state index in [0.29, 0.717) is 5.56 Å². The molecule has 0 unspecified atom stereocenters. The molecule has 0 atom stereocenters. The predicted octanol–water partition coefficient (Wildman–Crippen LogP) is 7.01. The Bertz CT molecular complexity index is 522. The van der Waals surface area contributed by atoms with Gasteiger partial charge in [0.15, 0.2) is 8.67 Å². The fourth-order valence-corrected chi connectivity index (χ4v) is 4.03. The Morgan fingerprint density at radius 3 is 1.73 bits per heavy atom. The average molecular weight is 487 g/mol. The smallest absolute Gasteiger partial charge is 0.226 e. The van der Waals surface area contributed by atoms with Crippen molar-refractivity contribution in [3.05, 3.63) is 35.4 Å². The highest BCUT2D eigenvalue weighted by atomic mass is 35.6. The van der Waals surface area contributed by atoms with Crippen LogP contribution in [0.15, 0.2) is 24.3 Å². The third-order valence-corrected chi connectivity index (χ3v) is 8.32. The lowest BCUT2D eigenvalue weighted by atomic mass is 9.98. The number of rotatable bonds is 5. The molecular formula is C12H8Cl9O. The molecule has 0 fully saturated rings. The standard InChI is InChI=1S/C12H8Cl9O/c13-9(14,8-4-2-1-3-7(8)5-6-22)10(15,16)11(17,18)12(19,20)21/h1-4H,5-6H2. The topological polar surface area (TPSA) is 19.9 Å². The molecule has 1 radical (unpaired) electrons. The SMILES string of the molecule is [O]CCc1ccccc1C(Cl)(Cl)C(Cl)(Cl)C(Cl)(Cl)C(Cl)(Cl)Cl. The van der Waals surface area contributed by atoms with Gasteiger partial charge in [-0.3, -0.25) is 0 Å². The number of alkyl halides is 9. The van der Waals surface area contributed by atoms with Gasteiger partial charge in [0.2, 0.25) is 8.13 Å². The summed E-state index contributed by atoms with van der Waals surface area (Å²) in [7, 11) is 0. The van der Waals surface area contributed by atoms with Crippen LogP contribution in [0.4, 0.5) is 0 Å². The summed E-state index contributed by atoms with van der Waals surface area (Å²) in [4.78, 5) is 0. The van der Waals surface area contributed by atoms with Crippen molar-refractivity contribution in [1.82, 2.24) is 0 Å². The van der Waals surface area contributed by atoms with Crippen LogP contribution in [-0.2, 0) is 15.9 Å². The molecule has 22 heavy (non-hydrogen) atoms. The van der Waals surface area contributed by atoms with E-state index in [1.807, 2.05) is 0 Å². The molecular weight excluding hydrogens is 479 g/mol. The van der Waals surface area contributed by atoms with E-state index in [2.05, 4.69) is 0 Å². The first kappa shape index (κ1) is 21.8. The Kier molecular flexibility index (Phi) is 7.52. The molecule has 0 aliphatic heterocycles. The molecule has 125 valence electrons. The van der Waals surface area contributed by atoms with Crippen LogP contribution in [0.25, 0.3) is 0 Å². The first-order valence-corrected chi connectivity index (χ1v) is 9.07. The Morgan fingerprint density at radius 1 is 0.773 bits per heavy atom. The minimum atomic E-state index is -2.36. The maximum Gasteiger partial charge on any atom is 0.226 e. The van der Waals surface area contributed by atoms with Crippen LogP contribution >= 0.6 is 104 Å². The lowest BCUT2D eigenvalue weighted by Crippen LogP contribution is -2.55. The maximum atomic E-state index is 10.9. The highest BCUT2D eigenvalue weighted by molar-refractivity contribution is 6.80. The highest BCUT2D eigenvalue weighted by Crippen LogP contribution is 2.65. The number of hydrogen-bond donors (Lipinski definition) is 0. The van der Waals surface area contributed by atoms with Crippen LogP contribution in [0.3, 0.4) is 0 Å². The van der Waals surface area contributed by atoms with E-state index in [-0.39, 0.29) is 12.0 Å². The van der Waals surface area contributed by atoms with E-state index in [9.17, 15) is 5.11 Å². The van der Waals surface area contributed by atoms with E-state index in [1.54, 1.807) is 18.2 Å². The number of hydrogen-bond acceptors (Lipinski definition) is 0. The molecule has 0 amide bonds. The van der Waals surface area contributed by atoms with Crippen LogP contribution in [0.5, 0.6) is 0 Å². The Morgan fingerprint density at radius 2 is 1.27 bits per heavy atom. The van der Waals surface area contributed by atoms with Crippen LogP contribution in [0.2, 0.25) is 0 Å². The van der Waals surface area contributed by atoms with Gasteiger partial charge in [-0.15, -0.1) is 0 Å². The lowest BCUT2D eigenvalue weighted by Gasteiger charge is -2.44. The summed E-state index contributed by atoms with van der Waals surface area (Å²) in [5.74, 6) is 0. The number of halogens is 9. The Hall–Kier alpha value is 1.79. The first-order chi connectivity index (χ1) is 9.80. The second-order valence-electron chi connectivity index (χ2n) is 4.33. The highest BCUT2D eigenvalue weighted by Gasteiger charge is 2.68. The van der Waals surface area contributed by atoms with E-state index in [0.717, 1.165) is 0 Å². The molecule has 0 bridgehead atoms. The molecule has 0 heterocycles. The fourth-order valence-electron chi connectivity index (χ4n) is 1.70. The van der Waals surface area contributed by atoms with Crippen molar-refractivity contribution in [3.8, 4) is 0 Å². The van der Waals surface area contributed by atoms with E-state index >= 15 is 0 Å². The summed E-state index contributed by atoms with van der Waals surface area (Å²) in [6.45, 7) is -0.393. The molecule has 0 spiro atoms. The summed E-state index contributed by atoms with van der Waals surface area (Å²) >= 11 is 54.4. The monoisotopic (exact) mass is 483 g/mol. The van der Waals surface area contributed by atoms with Crippen molar-refractivity contribution < 1.29 is 5.11 Å². The third kappa shape index (κ3) is 3.96. The van der Waals surface area contributed by atoms with Crippen molar-refractivity contribution in [1.29, 1.82) is 0 Å². The van der Waals surface area contributed by atoms with Gasteiger partial charge in [-0.2, -0.15) is 0 Å². The van der Waals surface area contributed by atoms with Crippen molar-refractivity contribution in [2.24, 2.45) is 0 Å². The van der Waals surface area contributed by atoms with Crippen LogP contribution in [0, 0.1) is 0 Å². The van der Waals surface area contributed by atoms with Gasteiger partial charge in [0, 0.05) is 0 Å². The second kappa shape index (κ2) is 7.58. The van der Waals surface area contributed by atoms with E-state index < -0.39 is 23.4 Å². The molecule has 1 rings (SSSR count). The first-order valence-electron chi connectivity index (χ1n) is 5.67. The average Bonchev–Trinajstić information content (AvgIpc) is 2.37. The Balaban J connectivity index is 3.46. The molecule has 1 aromatic rings. The van der Waals surface area contributed by atoms with Crippen molar-refractivity contribution in [2.75, 3.05) is 6.61 Å². The Labute approximate surface area is 173 Å². The maximum absolute atomic E-state index is 10.9. The second-order valence-corrected chi connectivity index (χ2v) is 10.6. The zero-order valence-electron chi connectivity index (χ0n) is 10.5. The summed E-state index contributed by atoms with van der Waals surface area (Å²) in [6.07, 6.45) is 0.145. The zero-order valence-corrected chi connectivity index (χ0v) is 17.3. The summed E-state index contributed by atoms with van der Waals surface area (Å²) < 4.78 is -9.03. The van der Waals surface area contributed by atoms with Gasteiger partial charge in [0.1, 0.15) is 0 Å². The van der Waals surface area contributed by atoms with E-state index in [4.69, 9.17) is 104 Å². The van der Waals surface area contributed by atoms with Crippen LogP contribution in [0.1, 0.15) is 11.1 Å². The largest absolute Gasteiger partial charge is 0.236 e. The molecule has 0 saturated heterocycles. The minimum absolute atomic E-state index is 0.145. The summed E-state index contributed by atoms with van der Waals surface area (Å²) in [6, 6.07) is 6.52. The zero-order chi connectivity index (χ0) is 17.4. The molecule has 0 aromatic heterocycles. The van der Waals surface area contributed by atoms with Gasteiger partial charge in [-0.1, -0.05) is 129 Å². The molecule has 0 aliphatic carbocycles. The van der Waals surface area contributed by atoms with Crippen LogP contribution in [-0.4, -0.2) is 19.1 Å². The van der Waals surface area contributed by atoms with E-state index in [1.165, 1.54) is 6.07 Å². The summed E-state index contributed by atoms with van der Waals surface area (Å²) in [5.41, 5.74) is 0.778. The van der Waals surface area contributed by atoms with Crippen molar-refractivity contribution in [3.63, 3.8) is 0 Å². The minimum Gasteiger partial charge on any atom is -0.236 e. The van der Waals surface area contributed by atoms with Crippen LogP contribution < -0.4 is 0 Å². The van der Waals surface area contributed by atoms with Crippen molar-refractivity contribution >= 4 is 104 Å². The predicted molar refractivity (Wildman–Crippen MR) is 98.2 cm³/mol. The van der Waals surface area contributed by atoms with Gasteiger partial charge in [-0.05, 0) is 17.5 Å². The normalized spacial score (nSPS) is 14.3. The van der Waals surface area contributed by atoms with Gasteiger partial charge in [0.05, 0.1) is 6.61 Å². The van der Waals surface area contributed by atoms with Gasteiger partial charge < -0.3 is 0 Å². The molecule has 0 aliphatic rings. The molecule has 0 saturated carbocycles. The van der Waals surface area contributed by atoms with Gasteiger partial charge in [-0.25, -0.2) is 5.11 Å². The molecule has 0 N–H and O–H groups in total. The quantitative estimate of drug-likeness (QED) is 0.399. The lowest BCUT2D eigenvalue weighted by molar-refractivity contribution is 0.197. The van der Waals surface area contributed by atoms with Crippen molar-refractivity contribution in [2.45, 2.75) is 23.2 Å². The summed E-state index contributed by atoms with van der Waals surface area (Å²) in [5, 5.41) is 10.9. The third-order valence-electron chi connectivity index (χ3n) is 2.87.